The fourth-order valence-corrected chi connectivity index (χ4v) is 0. The first kappa shape index (κ1) is 4.73. The molecule has 0 fully saturated rings. The average Bonchev–Trinajstić information content (AvgIpc) is 0.811. The molecule has 0 saturated heterocycles. The van der Waals surface area contributed by atoms with Gasteiger partial charge in [0.2, 0.25) is 0 Å². The third-order valence-electron chi connectivity index (χ3n) is 0. The van der Waals surface area contributed by atoms with E-state index in [2.05, 4.69) is 0 Å². The van der Waals surface area contributed by atoms with Gasteiger partial charge in [-0.25, -0.2) is 0 Å². The average molecular weight is 118 g/mol. The van der Waals surface area contributed by atoms with Gasteiger partial charge in [-0.3, -0.25) is 4.78 Å². The molecule has 1 N–H and O–H groups in total. The van der Waals surface area contributed by atoms with E-state index in [1.165, 1.54) is 0 Å². The molecule has 0 atom stereocenters. The van der Waals surface area contributed by atoms with Crippen LogP contribution in [0.3, 0.4) is 0 Å². The standard InChI is InChI=1S/Cl2HNS/c1-4(2)3/h3H. The van der Waals surface area contributed by atoms with Gasteiger partial charge in [0.05, 0.1) is 9.12 Å². The summed E-state index contributed by atoms with van der Waals surface area (Å²) in [7, 11) is 8.30. The maximum Gasteiger partial charge on any atom is 0.0838 e. The molecule has 0 spiro atoms. The zero-order chi connectivity index (χ0) is 3.58. The van der Waals surface area contributed by atoms with Crippen molar-refractivity contribution in [3.8, 4) is 0 Å². The Kier molecular flexibility index (Phi) is 2.36. The molecule has 4 heteroatoms. The van der Waals surface area contributed by atoms with Crippen molar-refractivity contribution in [1.29, 1.82) is 4.78 Å². The lowest BCUT2D eigenvalue weighted by molar-refractivity contribution is 1.66. The van der Waals surface area contributed by atoms with E-state index in [-0.39, 0.29) is 0 Å². The highest BCUT2D eigenvalue weighted by atomic mass is 36.0. The maximum atomic E-state index is 6.14. The second-order valence-corrected chi connectivity index (χ2v) is 2.96. The normalized spacial score (nSPS) is 8.75. The quantitative estimate of drug-likeness (QED) is 0.500. The Morgan fingerprint density at radius 3 is 1.50 bits per heavy atom. The summed E-state index contributed by atoms with van der Waals surface area (Å²) >= 11 is 0. The molecule has 0 aliphatic rings. The first-order chi connectivity index (χ1) is 1.73. The van der Waals surface area contributed by atoms with E-state index in [0.717, 1.165) is 0 Å². The lowest BCUT2D eigenvalue weighted by Gasteiger charge is -1.57. The summed E-state index contributed by atoms with van der Waals surface area (Å²) in [5.41, 5.74) is 0. The predicted molar refractivity (Wildman–Crippen MR) is 21.8 cm³/mol. The molecule has 1 nitrogen and oxygen atoms in total. The predicted octanol–water partition coefficient (Wildman–Crippen LogP) is 1.67. The van der Waals surface area contributed by atoms with Crippen LogP contribution in [0.2, 0.25) is 0 Å². The number of hydrogen-bond donors (Lipinski definition) is 1. The van der Waals surface area contributed by atoms with Crippen LogP contribution >= 0.6 is 21.4 Å². The highest BCUT2D eigenvalue weighted by Gasteiger charge is 1.60. The first-order valence-corrected chi connectivity index (χ1v) is 3.39. The van der Waals surface area contributed by atoms with Crippen molar-refractivity contribution < 1.29 is 0 Å². The Labute approximate surface area is 35.8 Å². The molecule has 0 heterocycles. The van der Waals surface area contributed by atoms with Crippen molar-refractivity contribution >= 4 is 30.5 Å². The SMILES string of the molecule is N=S(Cl)Cl. The molecule has 0 unspecified atom stereocenters. The van der Waals surface area contributed by atoms with E-state index in [1.807, 2.05) is 0 Å². The molecule has 4 heavy (non-hydrogen) atoms. The minimum absolute atomic E-state index is 1.17. The van der Waals surface area contributed by atoms with Gasteiger partial charge in [0.15, 0.2) is 0 Å². The van der Waals surface area contributed by atoms with Gasteiger partial charge in [-0.15, -0.1) is 0 Å². The van der Waals surface area contributed by atoms with Crippen LogP contribution in [0.15, 0.2) is 0 Å². The molecule has 0 saturated carbocycles. The third-order valence-corrected chi connectivity index (χ3v) is 0. The zero-order valence-electron chi connectivity index (χ0n) is 1.66. The van der Waals surface area contributed by atoms with E-state index >= 15 is 0 Å². The van der Waals surface area contributed by atoms with Gasteiger partial charge in [0.25, 0.3) is 0 Å². The van der Waals surface area contributed by atoms with Crippen molar-refractivity contribution in [2.24, 2.45) is 0 Å². The van der Waals surface area contributed by atoms with E-state index in [1.54, 1.807) is 0 Å². The second-order valence-electron chi connectivity index (χ2n) is 0.213. The summed E-state index contributed by atoms with van der Waals surface area (Å²) < 4.78 is 6.14. The van der Waals surface area contributed by atoms with Crippen molar-refractivity contribution in [2.45, 2.75) is 0 Å². The highest BCUT2D eigenvalue weighted by molar-refractivity contribution is 8.27. The molecule has 0 aliphatic carbocycles. The van der Waals surface area contributed by atoms with Crippen molar-refractivity contribution in [2.75, 3.05) is 0 Å². The Balaban J connectivity index is 2.80. The molecule has 0 aromatic carbocycles. The fourth-order valence-electron chi connectivity index (χ4n) is 0. The molecule has 0 radical (unpaired) electrons. The van der Waals surface area contributed by atoms with Crippen LogP contribution in [0.1, 0.15) is 0 Å². The van der Waals surface area contributed by atoms with Crippen LogP contribution in [0, 0.1) is 4.78 Å². The summed E-state index contributed by atoms with van der Waals surface area (Å²) in [6.07, 6.45) is 0. The first-order valence-electron chi connectivity index (χ1n) is 0.513. The summed E-state index contributed by atoms with van der Waals surface area (Å²) in [5, 5.41) is 0. The van der Waals surface area contributed by atoms with Gasteiger partial charge in [-0.1, -0.05) is 0 Å². The number of hydrogen-bond acceptors (Lipinski definition) is 1. The zero-order valence-corrected chi connectivity index (χ0v) is 3.99. The minimum Gasteiger partial charge on any atom is -0.251 e. The van der Waals surface area contributed by atoms with Gasteiger partial charge < -0.3 is 0 Å². The number of rotatable bonds is 0. The molecule has 0 bridgehead atoms. The van der Waals surface area contributed by atoms with Crippen LogP contribution < -0.4 is 0 Å². The van der Waals surface area contributed by atoms with Gasteiger partial charge in [-0.05, 0) is 21.4 Å². The van der Waals surface area contributed by atoms with Gasteiger partial charge >= 0.3 is 0 Å². The maximum absolute atomic E-state index is 6.14. The molecule has 0 amide bonds. The fraction of sp³-hybridized carbons (Fsp3) is 0. The van der Waals surface area contributed by atoms with Gasteiger partial charge in [0, 0.05) is 0 Å². The lowest BCUT2D eigenvalue weighted by atomic mass is 14.0. The van der Waals surface area contributed by atoms with Crippen LogP contribution in [0.5, 0.6) is 0 Å². The molecule has 0 aromatic heterocycles. The van der Waals surface area contributed by atoms with Crippen molar-refractivity contribution in [1.82, 2.24) is 0 Å². The minimum atomic E-state index is -1.17. The van der Waals surface area contributed by atoms with E-state index < -0.39 is 9.12 Å². The molecular weight excluding hydrogens is 117 g/mol. The molecule has 0 aromatic rings. The summed E-state index contributed by atoms with van der Waals surface area (Å²) in [6, 6.07) is 0. The Hall–Kier alpha value is 0.730. The Bertz CT molecular complexity index is 29.0. The number of nitrogens with one attached hydrogen (secondary N) is 1. The highest BCUT2D eigenvalue weighted by Crippen LogP contribution is 1.91. The number of halogens is 2. The van der Waals surface area contributed by atoms with Crippen LogP contribution in [0.4, 0.5) is 0 Å². The Morgan fingerprint density at radius 1 is 1.50 bits per heavy atom. The van der Waals surface area contributed by atoms with Gasteiger partial charge in [-0.2, -0.15) is 0 Å². The van der Waals surface area contributed by atoms with E-state index in [0.29, 0.717) is 0 Å². The molecule has 26 valence electrons. The summed E-state index contributed by atoms with van der Waals surface area (Å²) in [5.74, 6) is 0. The largest absolute Gasteiger partial charge is 0.251 e. The molecular formula is HCl2NS. The topological polar surface area (TPSA) is 23.9 Å². The van der Waals surface area contributed by atoms with Crippen LogP contribution in [-0.4, -0.2) is 0 Å². The van der Waals surface area contributed by atoms with Crippen molar-refractivity contribution in [3.05, 3.63) is 0 Å². The molecule has 0 rings (SSSR count). The van der Waals surface area contributed by atoms with Crippen molar-refractivity contribution in [3.63, 3.8) is 0 Å². The second kappa shape index (κ2) is 2.00. The smallest absolute Gasteiger partial charge is 0.0838 e. The lowest BCUT2D eigenvalue weighted by Crippen LogP contribution is -1.34. The third kappa shape index (κ3) is 15.3. The van der Waals surface area contributed by atoms with Crippen LogP contribution in [-0.2, 0) is 9.12 Å². The monoisotopic (exact) mass is 117 g/mol. The summed E-state index contributed by atoms with van der Waals surface area (Å²) in [6.45, 7) is 0. The van der Waals surface area contributed by atoms with Crippen LogP contribution in [0.25, 0.3) is 0 Å². The Morgan fingerprint density at radius 2 is 1.50 bits per heavy atom. The molecule has 0 aliphatic heterocycles. The van der Waals surface area contributed by atoms with E-state index in [4.69, 9.17) is 26.1 Å². The van der Waals surface area contributed by atoms with Gasteiger partial charge in [0.1, 0.15) is 0 Å². The summed E-state index contributed by atoms with van der Waals surface area (Å²) in [4.78, 5) is 0. The van der Waals surface area contributed by atoms with E-state index in [9.17, 15) is 0 Å².